The van der Waals surface area contributed by atoms with Gasteiger partial charge in [0.15, 0.2) is 5.82 Å². The lowest BCUT2D eigenvalue weighted by Gasteiger charge is -2.04. The van der Waals surface area contributed by atoms with Crippen molar-refractivity contribution < 1.29 is 0 Å². The van der Waals surface area contributed by atoms with Crippen LogP contribution >= 0.6 is 0 Å². The van der Waals surface area contributed by atoms with Crippen LogP contribution in [0.15, 0.2) is 17.2 Å². The molecule has 0 bridgehead atoms. The number of aryl methyl sites for hydroxylation is 1. The SMILES string of the molecule is C#CCCCCNc1nccn(C)c1=O. The molecule has 0 aliphatic heterocycles. The van der Waals surface area contributed by atoms with Crippen molar-refractivity contribution in [3.8, 4) is 12.3 Å². The van der Waals surface area contributed by atoms with Crippen LogP contribution in [-0.2, 0) is 7.05 Å². The van der Waals surface area contributed by atoms with Gasteiger partial charge in [0.1, 0.15) is 0 Å². The van der Waals surface area contributed by atoms with Gasteiger partial charge in [0.2, 0.25) is 0 Å². The zero-order valence-corrected chi connectivity index (χ0v) is 8.86. The van der Waals surface area contributed by atoms with E-state index in [4.69, 9.17) is 6.42 Å². The minimum absolute atomic E-state index is 0.102. The van der Waals surface area contributed by atoms with E-state index in [1.165, 1.54) is 4.57 Å². The first kappa shape index (κ1) is 11.3. The van der Waals surface area contributed by atoms with Gasteiger partial charge in [-0.25, -0.2) is 4.98 Å². The fourth-order valence-electron chi connectivity index (χ4n) is 1.18. The van der Waals surface area contributed by atoms with E-state index in [1.54, 1.807) is 19.4 Å². The Morgan fingerprint density at radius 1 is 1.60 bits per heavy atom. The number of hydrogen-bond acceptors (Lipinski definition) is 3. The van der Waals surface area contributed by atoms with E-state index in [9.17, 15) is 4.79 Å². The Balaban J connectivity index is 2.42. The second kappa shape index (κ2) is 5.86. The molecule has 4 heteroatoms. The number of rotatable bonds is 5. The summed E-state index contributed by atoms with van der Waals surface area (Å²) in [5, 5.41) is 3.00. The van der Waals surface area contributed by atoms with Crippen LogP contribution in [0.5, 0.6) is 0 Å². The molecule has 15 heavy (non-hydrogen) atoms. The van der Waals surface area contributed by atoms with Crippen molar-refractivity contribution in [1.82, 2.24) is 9.55 Å². The maximum Gasteiger partial charge on any atom is 0.293 e. The Bertz CT molecular complexity index is 403. The number of anilines is 1. The fourth-order valence-corrected chi connectivity index (χ4v) is 1.18. The molecular weight excluding hydrogens is 190 g/mol. The summed E-state index contributed by atoms with van der Waals surface area (Å²) in [5.74, 6) is 2.98. The molecule has 0 fully saturated rings. The normalized spacial score (nSPS) is 9.60. The van der Waals surface area contributed by atoms with Gasteiger partial charge in [0, 0.05) is 32.4 Å². The Labute approximate surface area is 89.3 Å². The minimum atomic E-state index is -0.102. The largest absolute Gasteiger partial charge is 0.365 e. The molecular formula is C11H15N3O. The maximum absolute atomic E-state index is 11.5. The summed E-state index contributed by atoms with van der Waals surface area (Å²) in [7, 11) is 1.70. The lowest BCUT2D eigenvalue weighted by Crippen LogP contribution is -2.22. The van der Waals surface area contributed by atoms with E-state index in [0.29, 0.717) is 5.82 Å². The average Bonchev–Trinajstić information content (AvgIpc) is 2.24. The molecule has 80 valence electrons. The van der Waals surface area contributed by atoms with Crippen molar-refractivity contribution >= 4 is 5.82 Å². The van der Waals surface area contributed by atoms with E-state index in [2.05, 4.69) is 16.2 Å². The van der Waals surface area contributed by atoms with Crippen molar-refractivity contribution in [2.45, 2.75) is 19.3 Å². The lowest BCUT2D eigenvalue weighted by atomic mass is 10.2. The predicted molar refractivity (Wildman–Crippen MR) is 60.7 cm³/mol. The van der Waals surface area contributed by atoms with Crippen LogP contribution in [0.3, 0.4) is 0 Å². The molecule has 0 spiro atoms. The summed E-state index contributed by atoms with van der Waals surface area (Å²) < 4.78 is 1.50. The van der Waals surface area contributed by atoms with E-state index in [1.807, 2.05) is 0 Å². The van der Waals surface area contributed by atoms with E-state index < -0.39 is 0 Å². The third kappa shape index (κ3) is 3.47. The number of unbranched alkanes of at least 4 members (excludes halogenated alkanes) is 2. The molecule has 0 amide bonds. The summed E-state index contributed by atoms with van der Waals surface area (Å²) in [5.41, 5.74) is -0.102. The van der Waals surface area contributed by atoms with Crippen LogP contribution in [0.1, 0.15) is 19.3 Å². The van der Waals surface area contributed by atoms with E-state index in [-0.39, 0.29) is 5.56 Å². The van der Waals surface area contributed by atoms with E-state index in [0.717, 1.165) is 25.8 Å². The molecule has 1 aromatic rings. The number of hydrogen-bond donors (Lipinski definition) is 1. The molecule has 0 radical (unpaired) electrons. The highest BCUT2D eigenvalue weighted by Gasteiger charge is 1.99. The third-order valence-corrected chi connectivity index (χ3v) is 2.06. The van der Waals surface area contributed by atoms with Gasteiger partial charge >= 0.3 is 0 Å². The molecule has 4 nitrogen and oxygen atoms in total. The van der Waals surface area contributed by atoms with Crippen LogP contribution in [0.25, 0.3) is 0 Å². The van der Waals surface area contributed by atoms with Gasteiger partial charge in [-0.15, -0.1) is 12.3 Å². The Kier molecular flexibility index (Phi) is 4.42. The highest BCUT2D eigenvalue weighted by Crippen LogP contribution is 1.96. The molecule has 1 N–H and O–H groups in total. The molecule has 0 saturated carbocycles. The third-order valence-electron chi connectivity index (χ3n) is 2.06. The molecule has 1 heterocycles. The van der Waals surface area contributed by atoms with Crippen LogP contribution in [-0.4, -0.2) is 16.1 Å². The summed E-state index contributed by atoms with van der Waals surface area (Å²) in [6.07, 6.45) is 11.1. The minimum Gasteiger partial charge on any atom is -0.365 e. The quantitative estimate of drug-likeness (QED) is 0.576. The number of aromatic nitrogens is 2. The second-order valence-corrected chi connectivity index (χ2v) is 3.28. The number of nitrogens with zero attached hydrogens (tertiary/aromatic N) is 2. The van der Waals surface area contributed by atoms with Gasteiger partial charge < -0.3 is 9.88 Å². The van der Waals surface area contributed by atoms with Gasteiger partial charge in [0.25, 0.3) is 5.56 Å². The highest BCUT2D eigenvalue weighted by atomic mass is 16.1. The summed E-state index contributed by atoms with van der Waals surface area (Å²) in [6, 6.07) is 0. The fraction of sp³-hybridized carbons (Fsp3) is 0.455. The maximum atomic E-state index is 11.5. The molecule has 0 saturated heterocycles. The standard InChI is InChI=1S/C11H15N3O/c1-3-4-5-6-7-12-10-11(15)14(2)9-8-13-10/h1,8-9H,4-7H2,2H3,(H,12,13). The zero-order chi connectivity index (χ0) is 11.1. The number of nitrogens with one attached hydrogen (secondary N) is 1. The van der Waals surface area contributed by atoms with Crippen LogP contribution in [0.2, 0.25) is 0 Å². The smallest absolute Gasteiger partial charge is 0.293 e. The monoisotopic (exact) mass is 205 g/mol. The first-order valence-electron chi connectivity index (χ1n) is 4.94. The molecule has 0 atom stereocenters. The van der Waals surface area contributed by atoms with Crippen molar-refractivity contribution in [2.24, 2.45) is 7.05 Å². The van der Waals surface area contributed by atoms with Crippen molar-refractivity contribution in [1.29, 1.82) is 0 Å². The Morgan fingerprint density at radius 3 is 3.13 bits per heavy atom. The summed E-state index contributed by atoms with van der Waals surface area (Å²) >= 11 is 0. The van der Waals surface area contributed by atoms with Gasteiger partial charge in [-0.05, 0) is 12.8 Å². The predicted octanol–water partition coefficient (Wildman–Crippen LogP) is 0.996. The molecule has 0 unspecified atom stereocenters. The Morgan fingerprint density at radius 2 is 2.40 bits per heavy atom. The lowest BCUT2D eigenvalue weighted by molar-refractivity contribution is 0.778. The van der Waals surface area contributed by atoms with Crippen molar-refractivity contribution in [3.05, 3.63) is 22.7 Å². The first-order valence-corrected chi connectivity index (χ1v) is 4.94. The topological polar surface area (TPSA) is 46.9 Å². The summed E-state index contributed by atoms with van der Waals surface area (Å²) in [6.45, 7) is 0.730. The van der Waals surface area contributed by atoms with Crippen LogP contribution in [0.4, 0.5) is 5.82 Å². The van der Waals surface area contributed by atoms with Crippen LogP contribution < -0.4 is 10.9 Å². The van der Waals surface area contributed by atoms with Gasteiger partial charge in [0.05, 0.1) is 0 Å². The second-order valence-electron chi connectivity index (χ2n) is 3.28. The molecule has 0 aliphatic carbocycles. The molecule has 0 aliphatic rings. The molecule has 1 rings (SSSR count). The zero-order valence-electron chi connectivity index (χ0n) is 8.86. The number of terminal acetylenes is 1. The van der Waals surface area contributed by atoms with Gasteiger partial charge in [-0.2, -0.15) is 0 Å². The van der Waals surface area contributed by atoms with Crippen molar-refractivity contribution in [2.75, 3.05) is 11.9 Å². The Hall–Kier alpha value is -1.76. The van der Waals surface area contributed by atoms with Crippen LogP contribution in [0, 0.1) is 12.3 Å². The first-order chi connectivity index (χ1) is 7.25. The highest BCUT2D eigenvalue weighted by molar-refractivity contribution is 5.30. The van der Waals surface area contributed by atoms with Crippen molar-refractivity contribution in [3.63, 3.8) is 0 Å². The summed E-state index contributed by atoms with van der Waals surface area (Å²) in [4.78, 5) is 15.5. The van der Waals surface area contributed by atoms with E-state index >= 15 is 0 Å². The van der Waals surface area contributed by atoms with Gasteiger partial charge in [-0.1, -0.05) is 0 Å². The average molecular weight is 205 g/mol. The molecule has 0 aromatic carbocycles. The van der Waals surface area contributed by atoms with Gasteiger partial charge in [-0.3, -0.25) is 4.79 Å². The molecule has 1 aromatic heterocycles.